The van der Waals surface area contributed by atoms with E-state index in [-0.39, 0.29) is 0 Å². The predicted molar refractivity (Wildman–Crippen MR) is 64.6 cm³/mol. The second-order valence-corrected chi connectivity index (χ2v) is 5.23. The molecule has 2 heterocycles. The fourth-order valence-electron chi connectivity index (χ4n) is 1.25. The highest BCUT2D eigenvalue weighted by atomic mass is 35.5. The van der Waals surface area contributed by atoms with E-state index in [1.54, 1.807) is 22.7 Å². The van der Waals surface area contributed by atoms with Crippen molar-refractivity contribution in [2.24, 2.45) is 0 Å². The Balaban J connectivity index is 2.29. The van der Waals surface area contributed by atoms with Gasteiger partial charge in [0.25, 0.3) is 0 Å². The van der Waals surface area contributed by atoms with Crippen molar-refractivity contribution in [1.29, 1.82) is 0 Å². The standard InChI is InChI=1S/C10H10ClNS2/c1-7-3-5-13-10(7)8-6-14-9(12-8)2-4-11/h3,5-6H,2,4H2,1H3. The highest BCUT2D eigenvalue weighted by Crippen LogP contribution is 2.29. The van der Waals surface area contributed by atoms with Crippen LogP contribution in [-0.4, -0.2) is 10.9 Å². The number of aromatic nitrogens is 1. The highest BCUT2D eigenvalue weighted by molar-refractivity contribution is 7.14. The van der Waals surface area contributed by atoms with Crippen LogP contribution in [0.3, 0.4) is 0 Å². The molecule has 0 saturated heterocycles. The number of hydrogen-bond donors (Lipinski definition) is 0. The van der Waals surface area contributed by atoms with E-state index in [0.717, 1.165) is 17.1 Å². The monoisotopic (exact) mass is 243 g/mol. The summed E-state index contributed by atoms with van der Waals surface area (Å²) in [6, 6.07) is 2.13. The Morgan fingerprint density at radius 1 is 1.43 bits per heavy atom. The SMILES string of the molecule is Cc1ccsc1-c1csc(CCCl)n1. The van der Waals surface area contributed by atoms with Crippen LogP contribution >= 0.6 is 34.3 Å². The molecule has 0 saturated carbocycles. The molecule has 0 fully saturated rings. The maximum atomic E-state index is 5.67. The molecular weight excluding hydrogens is 234 g/mol. The lowest BCUT2D eigenvalue weighted by Crippen LogP contribution is -1.84. The molecule has 0 aliphatic heterocycles. The minimum atomic E-state index is 0.649. The second kappa shape index (κ2) is 4.43. The van der Waals surface area contributed by atoms with Crippen LogP contribution in [0.1, 0.15) is 10.6 Å². The zero-order valence-electron chi connectivity index (χ0n) is 7.79. The molecular formula is C10H10ClNS2. The molecule has 2 rings (SSSR count). The van der Waals surface area contributed by atoms with Crippen molar-refractivity contribution >= 4 is 34.3 Å². The van der Waals surface area contributed by atoms with Crippen LogP contribution in [0, 0.1) is 6.92 Å². The summed E-state index contributed by atoms with van der Waals surface area (Å²) in [4.78, 5) is 5.83. The Morgan fingerprint density at radius 3 is 2.93 bits per heavy atom. The highest BCUT2D eigenvalue weighted by Gasteiger charge is 2.07. The maximum Gasteiger partial charge on any atom is 0.0944 e. The van der Waals surface area contributed by atoms with Crippen LogP contribution in [0.4, 0.5) is 0 Å². The average Bonchev–Trinajstić information content (AvgIpc) is 2.74. The first kappa shape index (κ1) is 10.1. The first-order valence-corrected chi connectivity index (χ1v) is 6.65. The van der Waals surface area contributed by atoms with E-state index in [1.807, 2.05) is 0 Å². The van der Waals surface area contributed by atoms with Gasteiger partial charge >= 0.3 is 0 Å². The third-order valence-electron chi connectivity index (χ3n) is 1.95. The van der Waals surface area contributed by atoms with Crippen molar-refractivity contribution in [2.45, 2.75) is 13.3 Å². The van der Waals surface area contributed by atoms with Gasteiger partial charge in [0.15, 0.2) is 0 Å². The minimum absolute atomic E-state index is 0.649. The van der Waals surface area contributed by atoms with E-state index in [0.29, 0.717) is 5.88 Å². The van der Waals surface area contributed by atoms with Crippen LogP contribution in [0.5, 0.6) is 0 Å². The van der Waals surface area contributed by atoms with Crippen LogP contribution in [0.15, 0.2) is 16.8 Å². The van der Waals surface area contributed by atoms with Gasteiger partial charge in [0.05, 0.1) is 15.6 Å². The quantitative estimate of drug-likeness (QED) is 0.744. The summed E-state index contributed by atoms with van der Waals surface area (Å²) in [5, 5.41) is 5.34. The molecule has 0 aromatic carbocycles. The average molecular weight is 244 g/mol. The lowest BCUT2D eigenvalue weighted by molar-refractivity contribution is 1.10. The molecule has 0 spiro atoms. The number of thiazole rings is 1. The van der Waals surface area contributed by atoms with Crippen LogP contribution < -0.4 is 0 Å². The van der Waals surface area contributed by atoms with Crippen molar-refractivity contribution in [3.05, 3.63) is 27.4 Å². The molecule has 74 valence electrons. The molecule has 14 heavy (non-hydrogen) atoms. The summed E-state index contributed by atoms with van der Waals surface area (Å²) >= 11 is 9.11. The maximum absolute atomic E-state index is 5.67. The van der Waals surface area contributed by atoms with E-state index in [9.17, 15) is 0 Å². The van der Waals surface area contributed by atoms with E-state index in [1.165, 1.54) is 10.4 Å². The molecule has 2 aromatic heterocycles. The number of aryl methyl sites for hydroxylation is 2. The molecule has 0 N–H and O–H groups in total. The number of nitrogens with zero attached hydrogens (tertiary/aromatic N) is 1. The zero-order valence-corrected chi connectivity index (χ0v) is 10.2. The number of alkyl halides is 1. The van der Waals surface area contributed by atoms with Gasteiger partial charge < -0.3 is 0 Å². The third kappa shape index (κ3) is 2.00. The molecule has 0 unspecified atom stereocenters. The van der Waals surface area contributed by atoms with Crippen LogP contribution in [0.2, 0.25) is 0 Å². The molecule has 4 heteroatoms. The smallest absolute Gasteiger partial charge is 0.0944 e. The normalized spacial score (nSPS) is 10.7. The van der Waals surface area contributed by atoms with Crippen LogP contribution in [0.25, 0.3) is 10.6 Å². The molecule has 0 radical (unpaired) electrons. The van der Waals surface area contributed by atoms with Gasteiger partial charge in [-0.1, -0.05) is 0 Å². The summed E-state index contributed by atoms with van der Waals surface area (Å²) in [5.74, 6) is 0.649. The first-order valence-electron chi connectivity index (χ1n) is 4.36. The molecule has 0 amide bonds. The molecule has 0 aliphatic rings. The van der Waals surface area contributed by atoms with Crippen molar-refractivity contribution in [3.63, 3.8) is 0 Å². The molecule has 1 nitrogen and oxygen atoms in total. The van der Waals surface area contributed by atoms with Crippen molar-refractivity contribution in [3.8, 4) is 10.6 Å². The fraction of sp³-hybridized carbons (Fsp3) is 0.300. The fourth-order valence-corrected chi connectivity index (χ4v) is 3.29. The number of hydrogen-bond acceptors (Lipinski definition) is 3. The minimum Gasteiger partial charge on any atom is -0.240 e. The Bertz CT molecular complexity index is 419. The summed E-state index contributed by atoms with van der Waals surface area (Å²) in [7, 11) is 0. The van der Waals surface area contributed by atoms with Gasteiger partial charge in [-0.2, -0.15) is 0 Å². The van der Waals surface area contributed by atoms with Gasteiger partial charge in [0, 0.05) is 17.7 Å². The van der Waals surface area contributed by atoms with Crippen molar-refractivity contribution in [1.82, 2.24) is 4.98 Å². The van der Waals surface area contributed by atoms with Gasteiger partial charge in [0.2, 0.25) is 0 Å². The first-order chi connectivity index (χ1) is 6.81. The van der Waals surface area contributed by atoms with Gasteiger partial charge in [-0.3, -0.25) is 0 Å². The Labute approximate surface area is 96.4 Å². The lowest BCUT2D eigenvalue weighted by Gasteiger charge is -1.92. The van der Waals surface area contributed by atoms with Crippen LogP contribution in [-0.2, 0) is 6.42 Å². The molecule has 0 aliphatic carbocycles. The van der Waals surface area contributed by atoms with E-state index in [4.69, 9.17) is 11.6 Å². The Hall–Kier alpha value is -0.380. The number of thiophene rings is 1. The summed E-state index contributed by atoms with van der Waals surface area (Å²) < 4.78 is 0. The number of rotatable bonds is 3. The summed E-state index contributed by atoms with van der Waals surface area (Å²) in [6.07, 6.45) is 0.872. The predicted octanol–water partition coefficient (Wildman–Crippen LogP) is 3.96. The van der Waals surface area contributed by atoms with Crippen molar-refractivity contribution < 1.29 is 0 Å². The van der Waals surface area contributed by atoms with E-state index in [2.05, 4.69) is 28.7 Å². The zero-order chi connectivity index (χ0) is 9.97. The topological polar surface area (TPSA) is 12.9 Å². The molecule has 0 bridgehead atoms. The van der Waals surface area contributed by atoms with Gasteiger partial charge in [-0.15, -0.1) is 34.3 Å². The largest absolute Gasteiger partial charge is 0.240 e. The van der Waals surface area contributed by atoms with Gasteiger partial charge in [-0.25, -0.2) is 4.98 Å². The van der Waals surface area contributed by atoms with E-state index < -0.39 is 0 Å². The lowest BCUT2D eigenvalue weighted by atomic mass is 10.2. The Kier molecular flexibility index (Phi) is 3.21. The summed E-state index contributed by atoms with van der Waals surface area (Å²) in [6.45, 7) is 2.12. The summed E-state index contributed by atoms with van der Waals surface area (Å²) in [5.41, 5.74) is 2.40. The van der Waals surface area contributed by atoms with E-state index >= 15 is 0 Å². The number of halogens is 1. The third-order valence-corrected chi connectivity index (χ3v) is 4.09. The Morgan fingerprint density at radius 2 is 2.29 bits per heavy atom. The van der Waals surface area contributed by atoms with Gasteiger partial charge in [0.1, 0.15) is 0 Å². The molecule has 0 atom stereocenters. The van der Waals surface area contributed by atoms with Gasteiger partial charge in [-0.05, 0) is 23.9 Å². The second-order valence-electron chi connectivity index (χ2n) is 3.00. The van der Waals surface area contributed by atoms with Crippen molar-refractivity contribution in [2.75, 3.05) is 5.88 Å². The molecule has 2 aromatic rings.